The quantitative estimate of drug-likeness (QED) is 0.810. The first-order valence-electron chi connectivity index (χ1n) is 7.29. The van der Waals surface area contributed by atoms with Crippen molar-refractivity contribution in [3.05, 3.63) is 35.9 Å². The van der Waals surface area contributed by atoms with Crippen molar-refractivity contribution in [3.8, 4) is 0 Å². The van der Waals surface area contributed by atoms with Crippen molar-refractivity contribution in [1.29, 1.82) is 0 Å². The molecule has 2 heteroatoms. The summed E-state index contributed by atoms with van der Waals surface area (Å²) in [6.07, 6.45) is 6.31. The zero-order valence-corrected chi connectivity index (χ0v) is 11.4. The molecule has 0 aliphatic heterocycles. The van der Waals surface area contributed by atoms with E-state index in [0.717, 1.165) is 13.0 Å². The van der Waals surface area contributed by atoms with Crippen LogP contribution in [-0.2, 0) is 6.42 Å². The normalized spacial score (nSPS) is 25.2. The number of rotatable bonds is 6. The minimum Gasteiger partial charge on any atom is -0.330 e. The SMILES string of the molecule is CC(CCc1ccccc1)NC1CCCC1CN. The third kappa shape index (κ3) is 3.82. The fourth-order valence-corrected chi connectivity index (χ4v) is 3.02. The third-order valence-corrected chi connectivity index (χ3v) is 4.17. The molecule has 0 amide bonds. The van der Waals surface area contributed by atoms with Crippen LogP contribution in [0.5, 0.6) is 0 Å². The van der Waals surface area contributed by atoms with Crippen LogP contribution in [0.4, 0.5) is 0 Å². The van der Waals surface area contributed by atoms with Crippen LogP contribution in [0.15, 0.2) is 30.3 Å². The second kappa shape index (κ2) is 6.91. The minimum atomic E-state index is 0.586. The van der Waals surface area contributed by atoms with Crippen molar-refractivity contribution in [3.63, 3.8) is 0 Å². The van der Waals surface area contributed by atoms with E-state index >= 15 is 0 Å². The number of hydrogen-bond acceptors (Lipinski definition) is 2. The zero-order valence-electron chi connectivity index (χ0n) is 11.4. The molecule has 0 saturated heterocycles. The topological polar surface area (TPSA) is 38.0 Å². The first-order valence-corrected chi connectivity index (χ1v) is 7.29. The summed E-state index contributed by atoms with van der Waals surface area (Å²) in [6, 6.07) is 12.0. The van der Waals surface area contributed by atoms with Crippen molar-refractivity contribution in [2.24, 2.45) is 11.7 Å². The number of nitrogens with two attached hydrogens (primary N) is 1. The van der Waals surface area contributed by atoms with Crippen LogP contribution in [0, 0.1) is 5.92 Å². The van der Waals surface area contributed by atoms with Gasteiger partial charge >= 0.3 is 0 Å². The molecule has 0 bridgehead atoms. The van der Waals surface area contributed by atoms with Gasteiger partial charge in [0.05, 0.1) is 0 Å². The summed E-state index contributed by atoms with van der Waals surface area (Å²) >= 11 is 0. The van der Waals surface area contributed by atoms with E-state index in [0.29, 0.717) is 18.0 Å². The standard InChI is InChI=1S/C16H26N2/c1-13(10-11-14-6-3-2-4-7-14)18-16-9-5-8-15(16)12-17/h2-4,6-7,13,15-16,18H,5,8-12,17H2,1H3. The molecular formula is C16H26N2. The molecule has 3 N–H and O–H groups in total. The van der Waals surface area contributed by atoms with Crippen molar-refractivity contribution >= 4 is 0 Å². The Morgan fingerprint density at radius 3 is 2.78 bits per heavy atom. The molecule has 0 spiro atoms. The van der Waals surface area contributed by atoms with Crippen LogP contribution in [0.1, 0.15) is 38.2 Å². The van der Waals surface area contributed by atoms with E-state index in [1.165, 1.54) is 31.2 Å². The predicted molar refractivity (Wildman–Crippen MR) is 77.5 cm³/mol. The van der Waals surface area contributed by atoms with Gasteiger partial charge in [-0.1, -0.05) is 36.8 Å². The summed E-state index contributed by atoms with van der Waals surface area (Å²) in [4.78, 5) is 0. The number of aryl methyl sites for hydroxylation is 1. The van der Waals surface area contributed by atoms with E-state index in [4.69, 9.17) is 5.73 Å². The van der Waals surface area contributed by atoms with Crippen LogP contribution in [0.3, 0.4) is 0 Å². The maximum Gasteiger partial charge on any atom is 0.0110 e. The van der Waals surface area contributed by atoms with Gasteiger partial charge < -0.3 is 11.1 Å². The summed E-state index contributed by atoms with van der Waals surface area (Å²) in [5, 5.41) is 3.77. The maximum atomic E-state index is 5.82. The Labute approximate surface area is 111 Å². The Hall–Kier alpha value is -0.860. The summed E-state index contributed by atoms with van der Waals surface area (Å²) in [5.41, 5.74) is 7.26. The Morgan fingerprint density at radius 1 is 1.28 bits per heavy atom. The van der Waals surface area contributed by atoms with Gasteiger partial charge in [0.25, 0.3) is 0 Å². The lowest BCUT2D eigenvalue weighted by atomic mass is 10.0. The first kappa shape index (κ1) is 13.6. The molecule has 1 saturated carbocycles. The van der Waals surface area contributed by atoms with Gasteiger partial charge in [0.15, 0.2) is 0 Å². The highest BCUT2D eigenvalue weighted by atomic mass is 15.0. The number of hydrogen-bond donors (Lipinski definition) is 2. The lowest BCUT2D eigenvalue weighted by molar-refractivity contribution is 0.360. The van der Waals surface area contributed by atoms with E-state index in [1.807, 2.05) is 0 Å². The lowest BCUT2D eigenvalue weighted by Crippen LogP contribution is -2.41. The van der Waals surface area contributed by atoms with Crippen LogP contribution in [-0.4, -0.2) is 18.6 Å². The molecule has 1 aliphatic carbocycles. The van der Waals surface area contributed by atoms with Crippen LogP contribution < -0.4 is 11.1 Å². The molecule has 1 aromatic carbocycles. The lowest BCUT2D eigenvalue weighted by Gasteiger charge is -2.24. The van der Waals surface area contributed by atoms with E-state index < -0.39 is 0 Å². The molecule has 2 nitrogen and oxygen atoms in total. The molecule has 2 rings (SSSR count). The second-order valence-electron chi connectivity index (χ2n) is 5.63. The monoisotopic (exact) mass is 246 g/mol. The van der Waals surface area contributed by atoms with Gasteiger partial charge in [-0.25, -0.2) is 0 Å². The first-order chi connectivity index (χ1) is 8.79. The van der Waals surface area contributed by atoms with Crippen LogP contribution in [0.25, 0.3) is 0 Å². The van der Waals surface area contributed by atoms with Gasteiger partial charge in [-0.3, -0.25) is 0 Å². The van der Waals surface area contributed by atoms with Gasteiger partial charge in [-0.2, -0.15) is 0 Å². The third-order valence-electron chi connectivity index (χ3n) is 4.17. The molecule has 1 aromatic rings. The molecule has 0 heterocycles. The minimum absolute atomic E-state index is 0.586. The zero-order chi connectivity index (χ0) is 12.8. The van der Waals surface area contributed by atoms with E-state index in [2.05, 4.69) is 42.6 Å². The molecule has 1 fully saturated rings. The smallest absolute Gasteiger partial charge is 0.0110 e. The average Bonchev–Trinajstić information content (AvgIpc) is 2.85. The molecule has 0 radical (unpaired) electrons. The summed E-state index contributed by atoms with van der Waals surface area (Å²) < 4.78 is 0. The molecule has 18 heavy (non-hydrogen) atoms. The summed E-state index contributed by atoms with van der Waals surface area (Å²) in [7, 11) is 0. The molecule has 3 unspecified atom stereocenters. The fourth-order valence-electron chi connectivity index (χ4n) is 3.02. The van der Waals surface area contributed by atoms with Crippen molar-refractivity contribution in [1.82, 2.24) is 5.32 Å². The van der Waals surface area contributed by atoms with Gasteiger partial charge in [0.1, 0.15) is 0 Å². The predicted octanol–water partition coefficient (Wildman–Crippen LogP) is 2.72. The Bertz CT molecular complexity index is 336. The fraction of sp³-hybridized carbons (Fsp3) is 0.625. The molecule has 1 aliphatic rings. The van der Waals surface area contributed by atoms with Gasteiger partial charge in [-0.15, -0.1) is 0 Å². The van der Waals surface area contributed by atoms with Gasteiger partial charge in [0, 0.05) is 12.1 Å². The van der Waals surface area contributed by atoms with Crippen molar-refractivity contribution in [2.75, 3.05) is 6.54 Å². The average molecular weight is 246 g/mol. The highest BCUT2D eigenvalue weighted by molar-refractivity contribution is 5.14. The van der Waals surface area contributed by atoms with Gasteiger partial charge in [0.2, 0.25) is 0 Å². The van der Waals surface area contributed by atoms with Gasteiger partial charge in [-0.05, 0) is 50.6 Å². The Kier molecular flexibility index (Phi) is 5.21. The second-order valence-corrected chi connectivity index (χ2v) is 5.63. The summed E-state index contributed by atoms with van der Waals surface area (Å²) in [6.45, 7) is 3.14. The number of nitrogens with one attached hydrogen (secondary N) is 1. The molecule has 100 valence electrons. The van der Waals surface area contributed by atoms with E-state index in [9.17, 15) is 0 Å². The highest BCUT2D eigenvalue weighted by Gasteiger charge is 2.26. The molecular weight excluding hydrogens is 220 g/mol. The molecule has 0 aromatic heterocycles. The number of benzene rings is 1. The Morgan fingerprint density at radius 2 is 2.06 bits per heavy atom. The van der Waals surface area contributed by atoms with Crippen LogP contribution >= 0.6 is 0 Å². The van der Waals surface area contributed by atoms with Crippen molar-refractivity contribution in [2.45, 2.75) is 51.1 Å². The summed E-state index contributed by atoms with van der Waals surface area (Å²) in [5.74, 6) is 0.698. The van der Waals surface area contributed by atoms with Crippen LogP contribution in [0.2, 0.25) is 0 Å². The largest absolute Gasteiger partial charge is 0.330 e. The molecule has 3 atom stereocenters. The Balaban J connectivity index is 1.73. The maximum absolute atomic E-state index is 5.82. The van der Waals surface area contributed by atoms with E-state index in [-0.39, 0.29) is 0 Å². The van der Waals surface area contributed by atoms with Crippen molar-refractivity contribution < 1.29 is 0 Å². The van der Waals surface area contributed by atoms with E-state index in [1.54, 1.807) is 0 Å². The highest BCUT2D eigenvalue weighted by Crippen LogP contribution is 2.25.